The molecule has 0 atom stereocenters. The molecule has 1 aliphatic carbocycles. The topological polar surface area (TPSA) is 64.7 Å². The van der Waals surface area contributed by atoms with E-state index < -0.39 is 11.9 Å². The average molecular weight is 469 g/mol. The molecular weight excluding hydrogens is 451 g/mol. The van der Waals surface area contributed by atoms with E-state index in [0.29, 0.717) is 12.2 Å². The molecule has 2 heterocycles. The van der Waals surface area contributed by atoms with E-state index in [0.717, 1.165) is 23.0 Å². The largest absolute Gasteiger partial charge is 0.436 e. The first-order valence-electron chi connectivity index (χ1n) is 8.52. The number of nitrogens with one attached hydrogen (secondary N) is 1. The van der Waals surface area contributed by atoms with Crippen LogP contribution in [0.2, 0.25) is 5.02 Å². The van der Waals surface area contributed by atoms with Crippen molar-refractivity contribution in [3.05, 3.63) is 32.8 Å². The lowest BCUT2D eigenvalue weighted by Crippen LogP contribution is -2.26. The Morgan fingerprint density at radius 2 is 2.11 bits per heavy atom. The predicted octanol–water partition coefficient (Wildman–Crippen LogP) is 4.12. The summed E-state index contributed by atoms with van der Waals surface area (Å²) >= 11 is 9.30. The highest BCUT2D eigenvalue weighted by molar-refractivity contribution is 9.10. The maximum Gasteiger partial charge on any atom is 0.436 e. The minimum Gasteiger partial charge on any atom is -0.350 e. The molecule has 1 amide bonds. The number of nitrogens with zero attached hydrogens (tertiary/aromatic N) is 4. The molecule has 0 radical (unpaired) electrons. The van der Waals surface area contributed by atoms with E-state index in [1.54, 1.807) is 10.9 Å². The Labute approximate surface area is 167 Å². The van der Waals surface area contributed by atoms with Crippen LogP contribution in [0.25, 0.3) is 0 Å². The van der Waals surface area contributed by atoms with Gasteiger partial charge in [-0.15, -0.1) is 0 Å². The van der Waals surface area contributed by atoms with E-state index in [1.165, 1.54) is 4.68 Å². The molecular formula is C16H18BrClF3N5O. The molecule has 6 nitrogen and oxygen atoms in total. The fourth-order valence-electron chi connectivity index (χ4n) is 2.87. The van der Waals surface area contributed by atoms with E-state index in [9.17, 15) is 18.0 Å². The Hall–Kier alpha value is -1.55. The van der Waals surface area contributed by atoms with Crippen molar-refractivity contribution in [1.29, 1.82) is 0 Å². The van der Waals surface area contributed by atoms with Crippen LogP contribution in [-0.4, -0.2) is 25.5 Å². The minimum absolute atomic E-state index is 0.00685. The second-order valence-electron chi connectivity index (χ2n) is 6.32. The van der Waals surface area contributed by atoms with E-state index in [1.807, 2.05) is 6.92 Å². The first-order chi connectivity index (χ1) is 12.7. The zero-order valence-corrected chi connectivity index (χ0v) is 16.8. The zero-order chi connectivity index (χ0) is 19.8. The van der Waals surface area contributed by atoms with Crippen molar-refractivity contribution < 1.29 is 18.0 Å². The van der Waals surface area contributed by atoms with Gasteiger partial charge in [0.15, 0.2) is 5.69 Å². The zero-order valence-electron chi connectivity index (χ0n) is 14.5. The van der Waals surface area contributed by atoms with Crippen molar-refractivity contribution in [3.8, 4) is 0 Å². The van der Waals surface area contributed by atoms with E-state index in [2.05, 4.69) is 31.4 Å². The van der Waals surface area contributed by atoms with Gasteiger partial charge in [-0.25, -0.2) is 0 Å². The fraction of sp³-hybridized carbons (Fsp3) is 0.562. The van der Waals surface area contributed by atoms with Crippen LogP contribution in [0.1, 0.15) is 49.2 Å². The number of aromatic nitrogens is 4. The first-order valence-corrected chi connectivity index (χ1v) is 9.69. The highest BCUT2D eigenvalue weighted by Crippen LogP contribution is 2.46. The molecule has 148 valence electrons. The maximum atomic E-state index is 13.1. The standard InChI is InChI=1S/C16H18BrClF3N5O/c1-2-25-11(10(17)7-23-25)8-22-12(27)5-6-26-14(9-3-4-9)13(18)15(24-26)16(19,20)21/h7,9H,2-6,8H2,1H3,(H,22,27). The van der Waals surface area contributed by atoms with E-state index in [4.69, 9.17) is 11.6 Å². The molecule has 0 saturated heterocycles. The number of halogens is 5. The normalized spacial score (nSPS) is 14.6. The molecule has 27 heavy (non-hydrogen) atoms. The average Bonchev–Trinajstić information content (AvgIpc) is 3.28. The van der Waals surface area contributed by atoms with Crippen molar-refractivity contribution in [2.24, 2.45) is 0 Å². The number of carbonyl (C=O) groups excluding carboxylic acids is 1. The summed E-state index contributed by atoms with van der Waals surface area (Å²) in [5, 5.41) is 10.2. The molecule has 0 aromatic carbocycles. The Bertz CT molecular complexity index is 844. The second-order valence-corrected chi connectivity index (χ2v) is 7.56. The molecule has 1 saturated carbocycles. The quantitative estimate of drug-likeness (QED) is 0.665. The van der Waals surface area contributed by atoms with Gasteiger partial charge >= 0.3 is 6.18 Å². The number of carbonyl (C=O) groups is 1. The predicted molar refractivity (Wildman–Crippen MR) is 96.3 cm³/mol. The van der Waals surface area contributed by atoms with Crippen molar-refractivity contribution in [1.82, 2.24) is 24.9 Å². The molecule has 1 aliphatic rings. The third-order valence-corrected chi connectivity index (χ3v) is 5.40. The Morgan fingerprint density at radius 1 is 1.41 bits per heavy atom. The summed E-state index contributed by atoms with van der Waals surface area (Å²) in [6.45, 7) is 2.91. The van der Waals surface area contributed by atoms with Gasteiger partial charge < -0.3 is 5.32 Å². The number of hydrogen-bond acceptors (Lipinski definition) is 3. The summed E-state index contributed by atoms with van der Waals surface area (Å²) < 4.78 is 42.9. The number of alkyl halides is 3. The molecule has 1 N–H and O–H groups in total. The molecule has 0 aliphatic heterocycles. The summed E-state index contributed by atoms with van der Waals surface area (Å²) in [5.41, 5.74) is 0.122. The van der Waals surface area contributed by atoms with Gasteiger partial charge in [0.05, 0.1) is 40.2 Å². The molecule has 2 aromatic heterocycles. The van der Waals surface area contributed by atoms with E-state index >= 15 is 0 Å². The van der Waals surface area contributed by atoms with Crippen molar-refractivity contribution in [3.63, 3.8) is 0 Å². The van der Waals surface area contributed by atoms with Gasteiger partial charge in [0.1, 0.15) is 0 Å². The van der Waals surface area contributed by atoms with Gasteiger partial charge in [0.25, 0.3) is 0 Å². The van der Waals surface area contributed by atoms with Crippen LogP contribution in [-0.2, 0) is 30.6 Å². The number of aryl methyl sites for hydroxylation is 2. The van der Waals surface area contributed by atoms with Crippen molar-refractivity contribution in [2.75, 3.05) is 0 Å². The molecule has 11 heteroatoms. The van der Waals surface area contributed by atoms with Crippen LogP contribution in [0.3, 0.4) is 0 Å². The fourth-order valence-corrected chi connectivity index (χ4v) is 3.70. The molecule has 2 aromatic rings. The van der Waals surface area contributed by atoms with Gasteiger partial charge in [-0.1, -0.05) is 11.6 Å². The van der Waals surface area contributed by atoms with Gasteiger partial charge in [-0.3, -0.25) is 14.2 Å². The second kappa shape index (κ2) is 7.83. The third kappa shape index (κ3) is 4.48. The Morgan fingerprint density at radius 3 is 2.70 bits per heavy atom. The lowest BCUT2D eigenvalue weighted by Gasteiger charge is -2.09. The molecule has 3 rings (SSSR count). The van der Waals surface area contributed by atoms with Crippen LogP contribution < -0.4 is 5.32 Å². The SMILES string of the molecule is CCn1ncc(Br)c1CNC(=O)CCn1nc(C(F)(F)F)c(Cl)c1C1CC1. The van der Waals surface area contributed by atoms with Gasteiger partial charge in [0, 0.05) is 18.9 Å². The smallest absolute Gasteiger partial charge is 0.350 e. The van der Waals surface area contributed by atoms with Crippen LogP contribution in [0, 0.1) is 0 Å². The van der Waals surface area contributed by atoms with Crippen LogP contribution in [0.15, 0.2) is 10.7 Å². The van der Waals surface area contributed by atoms with Gasteiger partial charge in [-0.2, -0.15) is 23.4 Å². The Balaban J connectivity index is 1.64. The summed E-state index contributed by atoms with van der Waals surface area (Å²) in [4.78, 5) is 12.2. The van der Waals surface area contributed by atoms with Crippen LogP contribution >= 0.6 is 27.5 Å². The molecule has 1 fully saturated rings. The number of rotatable bonds is 7. The minimum atomic E-state index is -4.61. The first kappa shape index (κ1) is 20.2. The van der Waals surface area contributed by atoms with Crippen molar-refractivity contribution in [2.45, 2.75) is 57.9 Å². The van der Waals surface area contributed by atoms with Gasteiger partial charge in [0.2, 0.25) is 5.91 Å². The third-order valence-electron chi connectivity index (χ3n) is 4.37. The summed E-state index contributed by atoms with van der Waals surface area (Å²) in [5.74, 6) is -0.299. The van der Waals surface area contributed by atoms with Crippen LogP contribution in [0.5, 0.6) is 0 Å². The highest BCUT2D eigenvalue weighted by Gasteiger charge is 2.42. The Kier molecular flexibility index (Phi) is 5.85. The molecule has 0 unspecified atom stereocenters. The van der Waals surface area contributed by atoms with Crippen LogP contribution in [0.4, 0.5) is 13.2 Å². The molecule has 0 bridgehead atoms. The number of amides is 1. The summed E-state index contributed by atoms with van der Waals surface area (Å²) in [7, 11) is 0. The monoisotopic (exact) mass is 467 g/mol. The van der Waals surface area contributed by atoms with Crippen molar-refractivity contribution >= 4 is 33.4 Å². The summed E-state index contributed by atoms with van der Waals surface area (Å²) in [6, 6.07) is 0. The lowest BCUT2D eigenvalue weighted by atomic mass is 10.2. The van der Waals surface area contributed by atoms with Gasteiger partial charge in [-0.05, 0) is 35.7 Å². The summed E-state index contributed by atoms with van der Waals surface area (Å²) in [6.07, 6.45) is -1.39. The lowest BCUT2D eigenvalue weighted by molar-refractivity contribution is -0.141. The van der Waals surface area contributed by atoms with E-state index in [-0.39, 0.29) is 36.4 Å². The number of hydrogen-bond donors (Lipinski definition) is 1. The maximum absolute atomic E-state index is 13.1. The highest BCUT2D eigenvalue weighted by atomic mass is 79.9. The molecule has 0 spiro atoms.